The van der Waals surface area contributed by atoms with Gasteiger partial charge in [-0.15, -0.1) is 5.10 Å². The quantitative estimate of drug-likeness (QED) is 0.692. The van der Waals surface area contributed by atoms with Crippen LogP contribution in [0.1, 0.15) is 38.8 Å². The molecule has 0 bridgehead atoms. The zero-order chi connectivity index (χ0) is 10.4. The Morgan fingerprint density at radius 3 is 3.00 bits per heavy atom. The minimum atomic E-state index is 0.235. The second kappa shape index (κ2) is 5.52. The highest BCUT2D eigenvalue weighted by molar-refractivity contribution is 5.75. The normalized spacial score (nSPS) is 10.4. The number of Topliss-reactive ketones (excluding diaryl/α,β-unsaturated/α-hetero) is 1. The van der Waals surface area contributed by atoms with Crippen LogP contribution < -0.4 is 0 Å². The van der Waals surface area contributed by atoms with Crippen molar-refractivity contribution in [1.29, 1.82) is 0 Å². The Bertz CT molecular complexity index is 293. The smallest absolute Gasteiger partial charge is 0.129 e. The molecule has 1 aromatic rings. The standard InChI is InChI=1S/C10H17N3O/c1-3-5-10-8-13(12-11-10)7-4-6-9(2)14/h8H,3-7H2,1-2H3. The van der Waals surface area contributed by atoms with Crippen LogP contribution >= 0.6 is 0 Å². The van der Waals surface area contributed by atoms with Crippen LogP contribution in [0, 0.1) is 0 Å². The first-order chi connectivity index (χ1) is 6.72. The molecule has 0 atom stereocenters. The Kier molecular flexibility index (Phi) is 4.29. The van der Waals surface area contributed by atoms with E-state index in [4.69, 9.17) is 0 Å². The van der Waals surface area contributed by atoms with Gasteiger partial charge in [0.05, 0.1) is 5.69 Å². The van der Waals surface area contributed by atoms with Crippen LogP contribution in [0.25, 0.3) is 0 Å². The van der Waals surface area contributed by atoms with Gasteiger partial charge in [-0.2, -0.15) is 0 Å². The number of aryl methyl sites for hydroxylation is 2. The number of carbonyl (C=O) groups is 1. The molecule has 78 valence electrons. The fraction of sp³-hybridized carbons (Fsp3) is 0.700. The molecule has 0 amide bonds. The molecule has 0 aliphatic carbocycles. The van der Waals surface area contributed by atoms with Gasteiger partial charge in [0.25, 0.3) is 0 Å². The van der Waals surface area contributed by atoms with Crippen molar-refractivity contribution in [3.63, 3.8) is 0 Å². The molecular weight excluding hydrogens is 178 g/mol. The summed E-state index contributed by atoms with van der Waals surface area (Å²) < 4.78 is 1.81. The highest BCUT2D eigenvalue weighted by atomic mass is 16.1. The Hall–Kier alpha value is -1.19. The van der Waals surface area contributed by atoms with Crippen molar-refractivity contribution in [3.05, 3.63) is 11.9 Å². The van der Waals surface area contributed by atoms with Gasteiger partial charge in [-0.25, -0.2) is 0 Å². The van der Waals surface area contributed by atoms with Crippen molar-refractivity contribution in [1.82, 2.24) is 15.0 Å². The van der Waals surface area contributed by atoms with Crippen molar-refractivity contribution < 1.29 is 4.79 Å². The van der Waals surface area contributed by atoms with Crippen molar-refractivity contribution in [2.75, 3.05) is 0 Å². The van der Waals surface area contributed by atoms with Crippen LogP contribution in [0.2, 0.25) is 0 Å². The van der Waals surface area contributed by atoms with E-state index < -0.39 is 0 Å². The van der Waals surface area contributed by atoms with Gasteiger partial charge in [0.1, 0.15) is 5.78 Å². The molecule has 0 unspecified atom stereocenters. The molecule has 1 rings (SSSR count). The van der Waals surface area contributed by atoms with Gasteiger partial charge in [0.15, 0.2) is 0 Å². The zero-order valence-electron chi connectivity index (χ0n) is 8.86. The Morgan fingerprint density at radius 1 is 1.57 bits per heavy atom. The minimum Gasteiger partial charge on any atom is -0.300 e. The number of hydrogen-bond donors (Lipinski definition) is 0. The first kappa shape index (κ1) is 10.9. The number of hydrogen-bond acceptors (Lipinski definition) is 3. The van der Waals surface area contributed by atoms with E-state index in [1.165, 1.54) is 0 Å². The topological polar surface area (TPSA) is 47.8 Å². The summed E-state index contributed by atoms with van der Waals surface area (Å²) in [6, 6.07) is 0. The summed E-state index contributed by atoms with van der Waals surface area (Å²) in [6.07, 6.45) is 5.51. The number of rotatable bonds is 6. The van der Waals surface area contributed by atoms with E-state index in [0.29, 0.717) is 6.42 Å². The first-order valence-electron chi connectivity index (χ1n) is 5.11. The summed E-state index contributed by atoms with van der Waals surface area (Å²) in [5.41, 5.74) is 1.04. The van der Waals surface area contributed by atoms with Crippen LogP contribution in [0.4, 0.5) is 0 Å². The summed E-state index contributed by atoms with van der Waals surface area (Å²) in [4.78, 5) is 10.7. The fourth-order valence-electron chi connectivity index (χ4n) is 1.31. The second-order valence-corrected chi connectivity index (χ2v) is 3.53. The second-order valence-electron chi connectivity index (χ2n) is 3.53. The minimum absolute atomic E-state index is 0.235. The summed E-state index contributed by atoms with van der Waals surface area (Å²) >= 11 is 0. The van der Waals surface area contributed by atoms with Crippen LogP contribution in [0.3, 0.4) is 0 Å². The van der Waals surface area contributed by atoms with E-state index in [2.05, 4.69) is 17.2 Å². The van der Waals surface area contributed by atoms with Gasteiger partial charge in [0, 0.05) is 19.2 Å². The molecule has 0 N–H and O–H groups in total. The Morgan fingerprint density at radius 2 is 2.36 bits per heavy atom. The molecule has 0 saturated heterocycles. The van der Waals surface area contributed by atoms with E-state index in [1.54, 1.807) is 6.92 Å². The highest BCUT2D eigenvalue weighted by Gasteiger charge is 1.99. The maximum Gasteiger partial charge on any atom is 0.129 e. The summed E-state index contributed by atoms with van der Waals surface area (Å²) in [7, 11) is 0. The van der Waals surface area contributed by atoms with E-state index >= 15 is 0 Å². The summed E-state index contributed by atoms with van der Waals surface area (Å²) in [5.74, 6) is 0.235. The van der Waals surface area contributed by atoms with Crippen LogP contribution in [0.5, 0.6) is 0 Å². The molecule has 0 aromatic carbocycles. The Balaban J connectivity index is 2.32. The van der Waals surface area contributed by atoms with Crippen LogP contribution in [-0.2, 0) is 17.8 Å². The van der Waals surface area contributed by atoms with Gasteiger partial charge >= 0.3 is 0 Å². The van der Waals surface area contributed by atoms with Crippen molar-refractivity contribution in [2.45, 2.75) is 46.1 Å². The van der Waals surface area contributed by atoms with Crippen molar-refractivity contribution >= 4 is 5.78 Å². The van der Waals surface area contributed by atoms with Gasteiger partial charge in [0.2, 0.25) is 0 Å². The molecule has 1 aromatic heterocycles. The Labute approximate surface area is 84.3 Å². The number of nitrogens with zero attached hydrogens (tertiary/aromatic N) is 3. The first-order valence-corrected chi connectivity index (χ1v) is 5.11. The summed E-state index contributed by atoms with van der Waals surface area (Å²) in [6.45, 7) is 4.52. The lowest BCUT2D eigenvalue weighted by Gasteiger charge is -1.96. The highest BCUT2D eigenvalue weighted by Crippen LogP contribution is 1.99. The molecule has 4 heteroatoms. The molecular formula is C10H17N3O. The number of aromatic nitrogens is 3. The van der Waals surface area contributed by atoms with Crippen LogP contribution in [0.15, 0.2) is 6.20 Å². The van der Waals surface area contributed by atoms with Gasteiger partial charge in [-0.05, 0) is 19.8 Å². The maximum absolute atomic E-state index is 10.7. The third-order valence-electron chi connectivity index (χ3n) is 2.01. The predicted octanol–water partition coefficient (Wildman–Crippen LogP) is 1.60. The molecule has 0 radical (unpaired) electrons. The average Bonchev–Trinajstić information content (AvgIpc) is 2.53. The molecule has 1 heterocycles. The molecule has 0 aliphatic heterocycles. The SMILES string of the molecule is CCCc1cn(CCCC(C)=O)nn1. The van der Waals surface area contributed by atoms with E-state index in [1.807, 2.05) is 10.9 Å². The third-order valence-corrected chi connectivity index (χ3v) is 2.01. The lowest BCUT2D eigenvalue weighted by Crippen LogP contribution is -2.01. The number of ketones is 1. The lowest BCUT2D eigenvalue weighted by molar-refractivity contribution is -0.117. The lowest BCUT2D eigenvalue weighted by atomic mass is 10.2. The predicted molar refractivity (Wildman–Crippen MR) is 53.9 cm³/mol. The monoisotopic (exact) mass is 195 g/mol. The van der Waals surface area contributed by atoms with Gasteiger partial charge < -0.3 is 4.79 Å². The van der Waals surface area contributed by atoms with Crippen molar-refractivity contribution in [2.24, 2.45) is 0 Å². The van der Waals surface area contributed by atoms with Gasteiger partial charge in [-0.1, -0.05) is 18.6 Å². The largest absolute Gasteiger partial charge is 0.300 e. The van der Waals surface area contributed by atoms with E-state index in [9.17, 15) is 4.79 Å². The molecule has 0 spiro atoms. The summed E-state index contributed by atoms with van der Waals surface area (Å²) in [5, 5.41) is 8.02. The average molecular weight is 195 g/mol. The van der Waals surface area contributed by atoms with Crippen molar-refractivity contribution in [3.8, 4) is 0 Å². The maximum atomic E-state index is 10.7. The molecule has 0 fully saturated rings. The van der Waals surface area contributed by atoms with E-state index in [-0.39, 0.29) is 5.78 Å². The molecule has 4 nitrogen and oxygen atoms in total. The third kappa shape index (κ3) is 3.68. The number of carbonyl (C=O) groups excluding carboxylic acids is 1. The molecule has 0 aliphatic rings. The fourth-order valence-corrected chi connectivity index (χ4v) is 1.31. The molecule has 14 heavy (non-hydrogen) atoms. The van der Waals surface area contributed by atoms with Crippen LogP contribution in [-0.4, -0.2) is 20.8 Å². The molecule has 0 saturated carbocycles. The van der Waals surface area contributed by atoms with Gasteiger partial charge in [-0.3, -0.25) is 4.68 Å². The zero-order valence-corrected chi connectivity index (χ0v) is 8.86. The van der Waals surface area contributed by atoms with E-state index in [0.717, 1.165) is 31.5 Å².